The summed E-state index contributed by atoms with van der Waals surface area (Å²) in [5.74, 6) is 1.75. The van der Waals surface area contributed by atoms with Crippen LogP contribution in [0.2, 0.25) is 0 Å². The van der Waals surface area contributed by atoms with Gasteiger partial charge in [-0.15, -0.1) is 11.8 Å². The number of carbonyl (C=O) groups is 1. The van der Waals surface area contributed by atoms with E-state index in [-0.39, 0.29) is 11.4 Å². The molecule has 1 N–H and O–H groups in total. The summed E-state index contributed by atoms with van der Waals surface area (Å²) in [5.41, 5.74) is 2.06. The van der Waals surface area contributed by atoms with Crippen LogP contribution in [0.1, 0.15) is 23.6 Å². The molecule has 1 fully saturated rings. The zero-order chi connectivity index (χ0) is 14.7. The van der Waals surface area contributed by atoms with Crippen LogP contribution in [-0.4, -0.2) is 23.2 Å². The zero-order valence-corrected chi connectivity index (χ0v) is 12.7. The second-order valence-electron chi connectivity index (χ2n) is 4.92. The van der Waals surface area contributed by atoms with E-state index in [0.29, 0.717) is 0 Å². The number of amides is 2. The highest BCUT2D eigenvalue weighted by Gasteiger charge is 2.32. The van der Waals surface area contributed by atoms with Crippen LogP contribution in [0.3, 0.4) is 0 Å². The second-order valence-corrected chi connectivity index (χ2v) is 6.10. The van der Waals surface area contributed by atoms with Crippen molar-refractivity contribution >= 4 is 23.5 Å². The Bertz CT molecular complexity index is 612. The Kier molecular flexibility index (Phi) is 4.20. The van der Waals surface area contributed by atoms with Crippen molar-refractivity contribution in [3.05, 3.63) is 54.0 Å². The number of anilines is 1. The molecule has 1 atom stereocenters. The molecule has 0 unspecified atom stereocenters. The van der Waals surface area contributed by atoms with Gasteiger partial charge in [0.25, 0.3) is 0 Å². The smallest absolute Gasteiger partial charge is 0.323 e. The first-order valence-electron chi connectivity index (χ1n) is 7.09. The van der Waals surface area contributed by atoms with E-state index in [1.807, 2.05) is 35.2 Å². The van der Waals surface area contributed by atoms with Crippen molar-refractivity contribution in [2.75, 3.05) is 17.6 Å². The minimum absolute atomic E-state index is 0.0330. The molecule has 1 aromatic heterocycles. The van der Waals surface area contributed by atoms with Gasteiger partial charge in [0, 0.05) is 18.0 Å². The lowest BCUT2D eigenvalue weighted by molar-refractivity contribution is 0.210. The van der Waals surface area contributed by atoms with Gasteiger partial charge >= 0.3 is 6.03 Å². The first-order chi connectivity index (χ1) is 10.3. The summed E-state index contributed by atoms with van der Waals surface area (Å²) in [6, 6.07) is 11.7. The Balaban J connectivity index is 1.72. The summed E-state index contributed by atoms with van der Waals surface area (Å²) in [4.78, 5) is 14.3. The SMILES string of the molecule is CCc1cccc(NC(=O)N2CCS[C@@H]2c2ccco2)c1. The molecule has 3 rings (SSSR count). The molecule has 0 aliphatic carbocycles. The number of hydrogen-bond acceptors (Lipinski definition) is 3. The molecule has 21 heavy (non-hydrogen) atoms. The van der Waals surface area contributed by atoms with Gasteiger partial charge in [-0.3, -0.25) is 0 Å². The minimum Gasteiger partial charge on any atom is -0.466 e. The van der Waals surface area contributed by atoms with Crippen molar-refractivity contribution in [2.24, 2.45) is 0 Å². The molecule has 1 saturated heterocycles. The second kappa shape index (κ2) is 6.26. The lowest BCUT2D eigenvalue weighted by Gasteiger charge is -2.22. The van der Waals surface area contributed by atoms with Crippen molar-refractivity contribution in [1.29, 1.82) is 0 Å². The van der Waals surface area contributed by atoms with Gasteiger partial charge in [-0.1, -0.05) is 19.1 Å². The first-order valence-corrected chi connectivity index (χ1v) is 8.14. The van der Waals surface area contributed by atoms with Gasteiger partial charge in [0.1, 0.15) is 11.1 Å². The maximum Gasteiger partial charge on any atom is 0.323 e. The number of hydrogen-bond donors (Lipinski definition) is 1. The quantitative estimate of drug-likeness (QED) is 0.927. The molecule has 5 heteroatoms. The lowest BCUT2D eigenvalue weighted by Crippen LogP contribution is -2.34. The summed E-state index contributed by atoms with van der Waals surface area (Å²) in [6.07, 6.45) is 2.60. The Hall–Kier alpha value is -1.88. The monoisotopic (exact) mass is 302 g/mol. The summed E-state index contributed by atoms with van der Waals surface area (Å²) < 4.78 is 5.44. The van der Waals surface area contributed by atoms with E-state index in [2.05, 4.69) is 18.3 Å². The van der Waals surface area contributed by atoms with E-state index in [4.69, 9.17) is 4.42 Å². The Morgan fingerprint density at radius 1 is 1.43 bits per heavy atom. The van der Waals surface area contributed by atoms with Crippen LogP contribution in [0.4, 0.5) is 10.5 Å². The molecule has 110 valence electrons. The average Bonchev–Trinajstić information content (AvgIpc) is 3.18. The molecule has 2 aromatic rings. The van der Waals surface area contributed by atoms with Crippen LogP contribution in [0, 0.1) is 0 Å². The summed E-state index contributed by atoms with van der Waals surface area (Å²) >= 11 is 1.73. The van der Waals surface area contributed by atoms with E-state index < -0.39 is 0 Å². The van der Waals surface area contributed by atoms with Gasteiger partial charge in [0.2, 0.25) is 0 Å². The molecule has 2 amide bonds. The number of carbonyl (C=O) groups excluding carboxylic acids is 1. The maximum absolute atomic E-state index is 12.5. The van der Waals surface area contributed by atoms with Gasteiger partial charge in [0.05, 0.1) is 6.26 Å². The normalized spacial score (nSPS) is 18.0. The van der Waals surface area contributed by atoms with Crippen LogP contribution in [-0.2, 0) is 6.42 Å². The van der Waals surface area contributed by atoms with Crippen molar-refractivity contribution < 1.29 is 9.21 Å². The van der Waals surface area contributed by atoms with Gasteiger partial charge in [-0.2, -0.15) is 0 Å². The fraction of sp³-hybridized carbons (Fsp3) is 0.312. The van der Waals surface area contributed by atoms with Gasteiger partial charge in [-0.25, -0.2) is 4.79 Å². The Morgan fingerprint density at radius 2 is 2.33 bits per heavy atom. The van der Waals surface area contributed by atoms with Crippen LogP contribution < -0.4 is 5.32 Å². The van der Waals surface area contributed by atoms with E-state index in [1.165, 1.54) is 5.56 Å². The number of nitrogens with zero attached hydrogens (tertiary/aromatic N) is 1. The Morgan fingerprint density at radius 3 is 3.10 bits per heavy atom. The molecule has 0 radical (unpaired) electrons. The predicted octanol–water partition coefficient (Wildman–Crippen LogP) is 4.12. The highest BCUT2D eigenvalue weighted by Crippen LogP contribution is 2.38. The summed E-state index contributed by atoms with van der Waals surface area (Å²) in [7, 11) is 0. The van der Waals surface area contributed by atoms with Crippen molar-refractivity contribution in [1.82, 2.24) is 4.90 Å². The van der Waals surface area contributed by atoms with Crippen molar-refractivity contribution in [2.45, 2.75) is 18.7 Å². The molecule has 2 heterocycles. The maximum atomic E-state index is 12.5. The van der Waals surface area contributed by atoms with Crippen molar-refractivity contribution in [3.63, 3.8) is 0 Å². The predicted molar refractivity (Wildman–Crippen MR) is 85.5 cm³/mol. The molecule has 4 nitrogen and oxygen atoms in total. The molecular formula is C16H18N2O2S. The number of rotatable bonds is 3. The third kappa shape index (κ3) is 3.08. The van der Waals surface area contributed by atoms with Crippen LogP contribution in [0.25, 0.3) is 0 Å². The minimum atomic E-state index is -0.0744. The number of nitrogens with one attached hydrogen (secondary N) is 1. The number of thioether (sulfide) groups is 1. The van der Waals surface area contributed by atoms with E-state index in [1.54, 1.807) is 18.0 Å². The molecule has 1 aromatic carbocycles. The standard InChI is InChI=1S/C16H18N2O2S/c1-2-12-5-3-6-13(11-12)17-16(19)18-8-10-21-15(18)14-7-4-9-20-14/h3-7,9,11,15H,2,8,10H2,1H3,(H,17,19)/t15-/m1/s1. The highest BCUT2D eigenvalue weighted by atomic mass is 32.2. The topological polar surface area (TPSA) is 45.5 Å². The summed E-state index contributed by atoms with van der Waals surface area (Å²) in [6.45, 7) is 2.83. The average molecular weight is 302 g/mol. The zero-order valence-electron chi connectivity index (χ0n) is 11.9. The highest BCUT2D eigenvalue weighted by molar-refractivity contribution is 7.99. The fourth-order valence-corrected chi connectivity index (χ4v) is 3.61. The molecule has 0 bridgehead atoms. The fourth-order valence-electron chi connectivity index (χ4n) is 2.41. The number of benzene rings is 1. The molecule has 0 spiro atoms. The van der Waals surface area contributed by atoms with Crippen LogP contribution >= 0.6 is 11.8 Å². The van der Waals surface area contributed by atoms with Gasteiger partial charge < -0.3 is 14.6 Å². The first kappa shape index (κ1) is 14.1. The third-order valence-electron chi connectivity index (χ3n) is 3.52. The third-order valence-corrected chi connectivity index (χ3v) is 4.75. The largest absolute Gasteiger partial charge is 0.466 e. The molecule has 0 saturated carbocycles. The van der Waals surface area contributed by atoms with Crippen LogP contribution in [0.15, 0.2) is 47.1 Å². The van der Waals surface area contributed by atoms with E-state index in [9.17, 15) is 4.79 Å². The molecular weight excluding hydrogens is 284 g/mol. The number of urea groups is 1. The van der Waals surface area contributed by atoms with Crippen molar-refractivity contribution in [3.8, 4) is 0 Å². The van der Waals surface area contributed by atoms with E-state index in [0.717, 1.165) is 30.2 Å². The van der Waals surface area contributed by atoms with Gasteiger partial charge in [-0.05, 0) is 36.2 Å². The Labute approximate surface area is 128 Å². The molecule has 1 aliphatic rings. The van der Waals surface area contributed by atoms with Crippen LogP contribution in [0.5, 0.6) is 0 Å². The van der Waals surface area contributed by atoms with E-state index >= 15 is 0 Å². The number of aryl methyl sites for hydroxylation is 1. The number of furan rings is 1. The lowest BCUT2D eigenvalue weighted by atomic mass is 10.1. The van der Waals surface area contributed by atoms with Gasteiger partial charge in [0.15, 0.2) is 0 Å². The molecule has 1 aliphatic heterocycles. The summed E-state index contributed by atoms with van der Waals surface area (Å²) in [5, 5.41) is 2.95.